The lowest BCUT2D eigenvalue weighted by molar-refractivity contribution is -0.115. The number of carbonyl (C=O) groups excluding carboxylic acids is 1. The molecule has 8 heteroatoms. The van der Waals surface area contributed by atoms with Gasteiger partial charge in [0.2, 0.25) is 5.91 Å². The molecule has 0 aliphatic heterocycles. The summed E-state index contributed by atoms with van der Waals surface area (Å²) in [4.78, 5) is 11.6. The van der Waals surface area contributed by atoms with Crippen molar-refractivity contribution in [2.24, 2.45) is 0 Å². The molecule has 0 spiro atoms. The van der Waals surface area contributed by atoms with Crippen molar-refractivity contribution in [3.05, 3.63) is 18.2 Å². The van der Waals surface area contributed by atoms with Crippen LogP contribution in [0.4, 0.5) is 5.69 Å². The van der Waals surface area contributed by atoms with Crippen molar-refractivity contribution in [3.8, 4) is 0 Å². The van der Waals surface area contributed by atoms with Crippen LogP contribution >= 0.6 is 12.4 Å². The summed E-state index contributed by atoms with van der Waals surface area (Å²) in [7, 11) is 1.62. The first-order valence-electron chi connectivity index (χ1n) is 5.59. The Kier molecular flexibility index (Phi) is 6.20. The Labute approximate surface area is 116 Å². The van der Waals surface area contributed by atoms with Crippen molar-refractivity contribution in [2.45, 2.75) is 0 Å². The number of methoxy groups -OCH3 is 1. The summed E-state index contributed by atoms with van der Waals surface area (Å²) in [5, 5.41) is 16.2. The van der Waals surface area contributed by atoms with Gasteiger partial charge in [-0.3, -0.25) is 4.79 Å². The number of benzene rings is 1. The predicted molar refractivity (Wildman–Crippen MR) is 74.5 cm³/mol. The highest BCUT2D eigenvalue weighted by Crippen LogP contribution is 2.14. The monoisotopic (exact) mass is 285 g/mol. The number of nitrogens with zero attached hydrogens (tertiary/aromatic N) is 2. The molecule has 1 amide bonds. The van der Waals surface area contributed by atoms with E-state index in [4.69, 9.17) is 4.74 Å². The fourth-order valence-electron chi connectivity index (χ4n) is 1.50. The van der Waals surface area contributed by atoms with E-state index in [-0.39, 0.29) is 24.9 Å². The number of rotatable bonds is 6. The van der Waals surface area contributed by atoms with Crippen molar-refractivity contribution < 1.29 is 9.53 Å². The summed E-state index contributed by atoms with van der Waals surface area (Å²) in [6.07, 6.45) is 0. The minimum absolute atomic E-state index is 0. The molecule has 0 bridgehead atoms. The third kappa shape index (κ3) is 4.47. The molecule has 0 saturated carbocycles. The third-order valence-electron chi connectivity index (χ3n) is 2.37. The number of anilines is 1. The second-order valence-electron chi connectivity index (χ2n) is 3.74. The van der Waals surface area contributed by atoms with Crippen molar-refractivity contribution >= 4 is 35.0 Å². The van der Waals surface area contributed by atoms with Gasteiger partial charge in [-0.05, 0) is 18.2 Å². The van der Waals surface area contributed by atoms with Crippen LogP contribution in [0.2, 0.25) is 0 Å². The van der Waals surface area contributed by atoms with Crippen molar-refractivity contribution in [1.29, 1.82) is 0 Å². The van der Waals surface area contributed by atoms with Crippen molar-refractivity contribution in [3.63, 3.8) is 0 Å². The Morgan fingerprint density at radius 3 is 2.95 bits per heavy atom. The molecule has 0 unspecified atom stereocenters. The molecule has 0 saturated heterocycles. The zero-order valence-electron chi connectivity index (χ0n) is 10.5. The number of nitrogens with one attached hydrogen (secondary N) is 3. The van der Waals surface area contributed by atoms with Crippen LogP contribution in [0.5, 0.6) is 0 Å². The fourth-order valence-corrected chi connectivity index (χ4v) is 1.50. The summed E-state index contributed by atoms with van der Waals surface area (Å²) in [5.41, 5.74) is 2.20. The van der Waals surface area contributed by atoms with Crippen LogP contribution in [0, 0.1) is 0 Å². The van der Waals surface area contributed by atoms with E-state index in [2.05, 4.69) is 26.0 Å². The van der Waals surface area contributed by atoms with Crippen LogP contribution in [0.25, 0.3) is 11.0 Å². The minimum atomic E-state index is -0.103. The SMILES string of the molecule is COCCNCC(=O)Nc1ccc2n[nH]nc2c1.Cl. The van der Waals surface area contributed by atoms with Gasteiger partial charge in [0.1, 0.15) is 11.0 Å². The second-order valence-corrected chi connectivity index (χ2v) is 3.74. The molecular weight excluding hydrogens is 270 g/mol. The van der Waals surface area contributed by atoms with Gasteiger partial charge in [0, 0.05) is 19.3 Å². The van der Waals surface area contributed by atoms with Crippen LogP contribution < -0.4 is 10.6 Å². The quantitative estimate of drug-likeness (QED) is 0.674. The first-order valence-corrected chi connectivity index (χ1v) is 5.59. The van der Waals surface area contributed by atoms with Gasteiger partial charge in [0.15, 0.2) is 0 Å². The molecule has 1 aromatic heterocycles. The molecule has 2 rings (SSSR count). The number of hydrogen-bond donors (Lipinski definition) is 3. The average Bonchev–Trinajstić information content (AvgIpc) is 2.82. The molecule has 19 heavy (non-hydrogen) atoms. The lowest BCUT2D eigenvalue weighted by Gasteiger charge is -2.06. The van der Waals surface area contributed by atoms with Gasteiger partial charge < -0.3 is 15.4 Å². The molecule has 1 aromatic carbocycles. The number of ether oxygens (including phenoxy) is 1. The molecule has 0 fully saturated rings. The normalized spacial score (nSPS) is 10.2. The van der Waals surface area contributed by atoms with Crippen LogP contribution in [-0.4, -0.2) is 48.1 Å². The molecule has 2 aromatic rings. The molecule has 0 atom stereocenters. The first kappa shape index (κ1) is 15.4. The maximum absolute atomic E-state index is 11.6. The highest BCUT2D eigenvalue weighted by atomic mass is 35.5. The van der Waals surface area contributed by atoms with Crippen LogP contribution in [0.1, 0.15) is 0 Å². The van der Waals surface area contributed by atoms with E-state index in [9.17, 15) is 4.79 Å². The molecule has 1 heterocycles. The Bertz CT molecular complexity index is 531. The van der Waals surface area contributed by atoms with Gasteiger partial charge in [-0.1, -0.05) is 0 Å². The predicted octanol–water partition coefficient (Wildman–Crippen LogP) is 0.554. The van der Waals surface area contributed by atoms with E-state index >= 15 is 0 Å². The molecule has 7 nitrogen and oxygen atoms in total. The lowest BCUT2D eigenvalue weighted by Crippen LogP contribution is -2.30. The fraction of sp³-hybridized carbons (Fsp3) is 0.364. The zero-order chi connectivity index (χ0) is 12.8. The highest BCUT2D eigenvalue weighted by Gasteiger charge is 2.04. The van der Waals surface area contributed by atoms with Crippen LogP contribution in [0.15, 0.2) is 18.2 Å². The number of carbonyl (C=O) groups is 1. The van der Waals surface area contributed by atoms with Gasteiger partial charge in [0.05, 0.1) is 13.2 Å². The van der Waals surface area contributed by atoms with Crippen LogP contribution in [0.3, 0.4) is 0 Å². The van der Waals surface area contributed by atoms with E-state index in [0.717, 1.165) is 11.0 Å². The van der Waals surface area contributed by atoms with Gasteiger partial charge >= 0.3 is 0 Å². The Balaban J connectivity index is 0.00000180. The molecule has 0 aliphatic rings. The van der Waals surface area contributed by atoms with Crippen molar-refractivity contribution in [1.82, 2.24) is 20.7 Å². The zero-order valence-corrected chi connectivity index (χ0v) is 11.3. The average molecular weight is 286 g/mol. The van der Waals surface area contributed by atoms with E-state index in [0.29, 0.717) is 18.8 Å². The summed E-state index contributed by atoms with van der Waals surface area (Å²) in [5.74, 6) is -0.103. The lowest BCUT2D eigenvalue weighted by atomic mass is 10.2. The van der Waals surface area contributed by atoms with Crippen molar-refractivity contribution in [2.75, 3.05) is 32.1 Å². The molecule has 0 radical (unpaired) electrons. The maximum Gasteiger partial charge on any atom is 0.238 e. The minimum Gasteiger partial charge on any atom is -0.383 e. The van der Waals surface area contributed by atoms with Gasteiger partial charge in [-0.2, -0.15) is 15.4 Å². The van der Waals surface area contributed by atoms with E-state index in [1.807, 2.05) is 0 Å². The Hall–Kier alpha value is -1.70. The smallest absolute Gasteiger partial charge is 0.238 e. The number of aromatic nitrogens is 3. The molecular formula is C11H16ClN5O2. The molecule has 3 N–H and O–H groups in total. The molecule has 0 aliphatic carbocycles. The van der Waals surface area contributed by atoms with Gasteiger partial charge in [-0.15, -0.1) is 12.4 Å². The van der Waals surface area contributed by atoms with E-state index in [1.54, 1.807) is 25.3 Å². The first-order chi connectivity index (χ1) is 8.79. The third-order valence-corrected chi connectivity index (χ3v) is 2.37. The summed E-state index contributed by atoms with van der Waals surface area (Å²) in [6.45, 7) is 1.48. The summed E-state index contributed by atoms with van der Waals surface area (Å²) >= 11 is 0. The van der Waals surface area contributed by atoms with Gasteiger partial charge in [-0.25, -0.2) is 0 Å². The number of fused-ring (bicyclic) bond motifs is 1. The standard InChI is InChI=1S/C11H15N5O2.ClH/c1-18-5-4-12-7-11(17)13-8-2-3-9-10(6-8)15-16-14-9;/h2-3,6,12H,4-5,7H2,1H3,(H,13,17)(H,14,15,16);1H. The Morgan fingerprint density at radius 2 is 2.16 bits per heavy atom. The van der Waals surface area contributed by atoms with E-state index < -0.39 is 0 Å². The highest BCUT2D eigenvalue weighted by molar-refractivity contribution is 5.94. The largest absolute Gasteiger partial charge is 0.383 e. The Morgan fingerprint density at radius 1 is 1.37 bits per heavy atom. The summed E-state index contributed by atoms with van der Waals surface area (Å²) in [6, 6.07) is 5.36. The summed E-state index contributed by atoms with van der Waals surface area (Å²) < 4.78 is 4.87. The van der Waals surface area contributed by atoms with Gasteiger partial charge in [0.25, 0.3) is 0 Å². The number of amides is 1. The molecule has 104 valence electrons. The van der Waals surface area contributed by atoms with E-state index in [1.165, 1.54) is 0 Å². The maximum atomic E-state index is 11.6. The number of hydrogen-bond acceptors (Lipinski definition) is 5. The number of halogens is 1. The second kappa shape index (κ2) is 7.67. The number of H-pyrrole nitrogens is 1. The topological polar surface area (TPSA) is 91.9 Å². The van der Waals surface area contributed by atoms with Crippen LogP contribution in [-0.2, 0) is 9.53 Å². The number of aromatic amines is 1.